The molecule has 0 saturated carbocycles. The van der Waals surface area contributed by atoms with Crippen molar-refractivity contribution in [3.05, 3.63) is 59.9 Å². The van der Waals surface area contributed by atoms with Crippen molar-refractivity contribution >= 4 is 24.0 Å². The molecule has 4 heteroatoms. The van der Waals surface area contributed by atoms with Crippen molar-refractivity contribution in [3.8, 4) is 5.75 Å². The summed E-state index contributed by atoms with van der Waals surface area (Å²) in [6.45, 7) is 0.562. The number of rotatable bonds is 4. The number of pyridine rings is 1. The molecule has 0 bridgehead atoms. The summed E-state index contributed by atoms with van der Waals surface area (Å²) in [6, 6.07) is 13.7. The number of ether oxygens (including phenoxy) is 1. The average Bonchev–Trinajstić information content (AvgIpc) is 2.38. The largest absolute Gasteiger partial charge is 0.489 e. The van der Waals surface area contributed by atoms with Crippen LogP contribution < -0.4 is 4.74 Å². The highest BCUT2D eigenvalue weighted by Crippen LogP contribution is 2.14. The van der Waals surface area contributed by atoms with Gasteiger partial charge in [0, 0.05) is 12.3 Å². The summed E-state index contributed by atoms with van der Waals surface area (Å²) in [5.74, 6) is 1.21. The first kappa shape index (κ1) is 13.8. The molecule has 0 aliphatic heterocycles. The van der Waals surface area contributed by atoms with E-state index in [-0.39, 0.29) is 12.4 Å². The lowest BCUT2D eigenvalue weighted by molar-refractivity contribution is 0.305. The van der Waals surface area contributed by atoms with E-state index in [1.165, 1.54) is 0 Å². The average molecular weight is 270 g/mol. The highest BCUT2D eigenvalue weighted by Gasteiger charge is 1.97. The second-order valence-electron chi connectivity index (χ2n) is 3.39. The van der Waals surface area contributed by atoms with E-state index in [2.05, 4.69) is 4.98 Å². The molecule has 2 aromatic rings. The second kappa shape index (κ2) is 7.15. The Morgan fingerprint density at radius 3 is 2.59 bits per heavy atom. The minimum absolute atomic E-state index is 0. The summed E-state index contributed by atoms with van der Waals surface area (Å²) < 4.78 is 5.64. The van der Waals surface area contributed by atoms with Crippen molar-refractivity contribution < 1.29 is 4.74 Å². The Bertz CT molecular complexity index is 448. The fourth-order valence-electron chi connectivity index (χ4n) is 1.36. The van der Waals surface area contributed by atoms with E-state index in [9.17, 15) is 0 Å². The molecule has 0 unspecified atom stereocenters. The van der Waals surface area contributed by atoms with Gasteiger partial charge in [0.1, 0.15) is 12.4 Å². The highest BCUT2D eigenvalue weighted by atomic mass is 35.5. The van der Waals surface area contributed by atoms with Gasteiger partial charge in [-0.25, -0.2) is 0 Å². The molecular weight excluding hydrogens is 257 g/mol. The van der Waals surface area contributed by atoms with Gasteiger partial charge in [-0.1, -0.05) is 30.3 Å². The van der Waals surface area contributed by atoms with Crippen molar-refractivity contribution in [2.75, 3.05) is 0 Å². The van der Waals surface area contributed by atoms with Gasteiger partial charge in [-0.2, -0.15) is 0 Å². The summed E-state index contributed by atoms with van der Waals surface area (Å²) in [4.78, 5) is 4.10. The molecule has 1 aromatic heterocycles. The quantitative estimate of drug-likeness (QED) is 0.788. The zero-order valence-electron chi connectivity index (χ0n) is 9.17. The van der Waals surface area contributed by atoms with Crippen molar-refractivity contribution in [3.63, 3.8) is 0 Å². The number of benzene rings is 1. The molecule has 1 heterocycles. The molecule has 2 rings (SSSR count). The molecule has 0 radical (unpaired) electrons. The molecule has 0 atom stereocenters. The lowest BCUT2D eigenvalue weighted by Crippen LogP contribution is -1.96. The molecule has 2 nitrogen and oxygen atoms in total. The zero-order chi connectivity index (χ0) is 11.2. The van der Waals surface area contributed by atoms with Crippen LogP contribution in [0.1, 0.15) is 11.3 Å². The lowest BCUT2D eigenvalue weighted by atomic mass is 10.2. The minimum Gasteiger partial charge on any atom is -0.489 e. The van der Waals surface area contributed by atoms with Crippen molar-refractivity contribution in [2.45, 2.75) is 12.5 Å². The molecule has 90 valence electrons. The molecule has 0 fully saturated rings. The highest BCUT2D eigenvalue weighted by molar-refractivity contribution is 6.16. The molecule has 0 aliphatic carbocycles. The number of nitrogens with zero attached hydrogens (tertiary/aromatic N) is 1. The van der Waals surface area contributed by atoms with Crippen LogP contribution in [0.15, 0.2) is 48.7 Å². The molecular formula is C13H13Cl2NO. The Balaban J connectivity index is 0.00000144. The summed E-state index contributed by atoms with van der Waals surface area (Å²) in [5, 5.41) is 0. The Labute approximate surface area is 112 Å². The third-order valence-corrected chi connectivity index (χ3v) is 2.45. The Kier molecular flexibility index (Phi) is 5.81. The lowest BCUT2D eigenvalue weighted by Gasteiger charge is -2.06. The number of hydrogen-bond donors (Lipinski definition) is 0. The van der Waals surface area contributed by atoms with E-state index in [4.69, 9.17) is 16.3 Å². The van der Waals surface area contributed by atoms with E-state index in [1.54, 1.807) is 6.20 Å². The Hall–Kier alpha value is -1.25. The third-order valence-electron chi connectivity index (χ3n) is 2.17. The first-order chi connectivity index (χ1) is 7.88. The zero-order valence-corrected chi connectivity index (χ0v) is 10.7. The number of aromatic nitrogens is 1. The topological polar surface area (TPSA) is 22.1 Å². The van der Waals surface area contributed by atoms with Crippen molar-refractivity contribution in [1.82, 2.24) is 4.98 Å². The van der Waals surface area contributed by atoms with Crippen LogP contribution in [-0.2, 0) is 12.5 Å². The maximum atomic E-state index is 5.70. The predicted octanol–water partition coefficient (Wildman–Crippen LogP) is 3.82. The molecule has 0 amide bonds. The van der Waals surface area contributed by atoms with Gasteiger partial charge in [0.25, 0.3) is 0 Å². The van der Waals surface area contributed by atoms with Gasteiger partial charge in [0.2, 0.25) is 0 Å². The SMILES string of the molecule is Cl.ClCc1cc(OCc2ccccc2)ccn1. The van der Waals surface area contributed by atoms with Crippen LogP contribution in [0.4, 0.5) is 0 Å². The van der Waals surface area contributed by atoms with Gasteiger partial charge in [0.05, 0.1) is 11.6 Å². The van der Waals surface area contributed by atoms with Crippen molar-refractivity contribution in [2.24, 2.45) is 0 Å². The predicted molar refractivity (Wildman–Crippen MR) is 71.8 cm³/mol. The molecule has 0 aliphatic rings. The third kappa shape index (κ3) is 4.25. The fourth-order valence-corrected chi connectivity index (χ4v) is 1.51. The Morgan fingerprint density at radius 1 is 1.12 bits per heavy atom. The number of halogens is 2. The molecule has 0 saturated heterocycles. The van der Waals surface area contributed by atoms with Gasteiger partial charge in [0.15, 0.2) is 0 Å². The van der Waals surface area contributed by atoms with Crippen LogP contribution in [0.5, 0.6) is 5.75 Å². The first-order valence-electron chi connectivity index (χ1n) is 5.06. The van der Waals surface area contributed by atoms with Crippen LogP contribution in [0, 0.1) is 0 Å². The van der Waals surface area contributed by atoms with E-state index in [0.717, 1.165) is 17.0 Å². The first-order valence-corrected chi connectivity index (χ1v) is 5.59. The number of alkyl halides is 1. The fraction of sp³-hybridized carbons (Fsp3) is 0.154. The molecule has 1 aromatic carbocycles. The second-order valence-corrected chi connectivity index (χ2v) is 3.66. The van der Waals surface area contributed by atoms with Crippen LogP contribution in [0.2, 0.25) is 0 Å². The smallest absolute Gasteiger partial charge is 0.123 e. The van der Waals surface area contributed by atoms with Crippen LogP contribution in [0.25, 0.3) is 0 Å². The van der Waals surface area contributed by atoms with E-state index < -0.39 is 0 Å². The van der Waals surface area contributed by atoms with E-state index >= 15 is 0 Å². The summed E-state index contributed by atoms with van der Waals surface area (Å²) in [7, 11) is 0. The van der Waals surface area contributed by atoms with Gasteiger partial charge in [-0.15, -0.1) is 24.0 Å². The van der Waals surface area contributed by atoms with Crippen LogP contribution in [0.3, 0.4) is 0 Å². The van der Waals surface area contributed by atoms with Crippen LogP contribution in [-0.4, -0.2) is 4.98 Å². The van der Waals surface area contributed by atoms with Gasteiger partial charge in [-0.3, -0.25) is 4.98 Å². The minimum atomic E-state index is 0. The monoisotopic (exact) mass is 269 g/mol. The van der Waals surface area contributed by atoms with E-state index in [0.29, 0.717) is 12.5 Å². The Morgan fingerprint density at radius 2 is 1.88 bits per heavy atom. The van der Waals surface area contributed by atoms with Crippen molar-refractivity contribution in [1.29, 1.82) is 0 Å². The van der Waals surface area contributed by atoms with Gasteiger partial charge < -0.3 is 4.74 Å². The normalized spacial score (nSPS) is 9.47. The molecule has 0 spiro atoms. The summed E-state index contributed by atoms with van der Waals surface area (Å²) >= 11 is 5.70. The van der Waals surface area contributed by atoms with E-state index in [1.807, 2.05) is 42.5 Å². The molecule has 0 N–H and O–H groups in total. The summed E-state index contributed by atoms with van der Waals surface area (Å²) in [5.41, 5.74) is 1.97. The number of hydrogen-bond acceptors (Lipinski definition) is 2. The van der Waals surface area contributed by atoms with Gasteiger partial charge in [-0.05, 0) is 11.6 Å². The van der Waals surface area contributed by atoms with Gasteiger partial charge >= 0.3 is 0 Å². The summed E-state index contributed by atoms with van der Waals surface area (Å²) in [6.07, 6.45) is 1.71. The molecule has 17 heavy (non-hydrogen) atoms. The maximum absolute atomic E-state index is 5.70. The van der Waals surface area contributed by atoms with Crippen LogP contribution >= 0.6 is 24.0 Å². The standard InChI is InChI=1S/C13H12ClNO.ClH/c14-9-12-8-13(6-7-15-12)16-10-11-4-2-1-3-5-11;/h1-8H,9-10H2;1H. The maximum Gasteiger partial charge on any atom is 0.123 e.